The van der Waals surface area contributed by atoms with Gasteiger partial charge in [-0.05, 0) is 31.5 Å². The smallest absolute Gasteiger partial charge is 0.238 e. The molecule has 0 radical (unpaired) electrons. The van der Waals surface area contributed by atoms with Gasteiger partial charge in [0, 0.05) is 11.1 Å². The zero-order chi connectivity index (χ0) is 15.4. The van der Waals surface area contributed by atoms with E-state index in [9.17, 15) is 4.79 Å². The van der Waals surface area contributed by atoms with Crippen LogP contribution in [-0.2, 0) is 4.79 Å². The molecule has 2 rings (SSSR count). The molecule has 0 unspecified atom stereocenters. The number of hydrogen-bond donors (Lipinski definition) is 2. The third kappa shape index (κ3) is 4.25. The summed E-state index contributed by atoms with van der Waals surface area (Å²) in [6, 6.07) is 3.67. The number of benzene rings is 1. The van der Waals surface area contributed by atoms with Crippen molar-refractivity contribution in [3.05, 3.63) is 22.2 Å². The highest BCUT2D eigenvalue weighted by atomic mass is 35.5. The maximum atomic E-state index is 12.2. The maximum Gasteiger partial charge on any atom is 0.238 e. The second kappa shape index (κ2) is 7.34. The minimum Gasteiger partial charge on any atom is -0.397 e. The van der Waals surface area contributed by atoms with Crippen LogP contribution in [-0.4, -0.2) is 29.9 Å². The normalized spacial score (nSPS) is 15.6. The Morgan fingerprint density at radius 1 is 1.38 bits per heavy atom. The van der Waals surface area contributed by atoms with Crippen LogP contribution in [0.5, 0.6) is 0 Å². The molecule has 21 heavy (non-hydrogen) atoms. The Hall–Kier alpha value is -0.970. The van der Waals surface area contributed by atoms with Crippen LogP contribution in [0.3, 0.4) is 0 Å². The van der Waals surface area contributed by atoms with Crippen molar-refractivity contribution in [3.63, 3.8) is 0 Å². The molecular weight excluding hydrogens is 309 g/mol. The van der Waals surface area contributed by atoms with Gasteiger partial charge in [0.05, 0.1) is 22.9 Å². The van der Waals surface area contributed by atoms with Crippen LogP contribution in [0, 0.1) is 0 Å². The van der Waals surface area contributed by atoms with Crippen LogP contribution in [0.2, 0.25) is 10.0 Å². The highest BCUT2D eigenvalue weighted by molar-refractivity contribution is 6.37. The van der Waals surface area contributed by atoms with Crippen LogP contribution >= 0.6 is 23.2 Å². The number of likely N-dealkylation sites (N-methyl/N-ethyl adjacent to an activating group) is 1. The van der Waals surface area contributed by atoms with Gasteiger partial charge in [-0.2, -0.15) is 0 Å². The van der Waals surface area contributed by atoms with Gasteiger partial charge in [0.15, 0.2) is 0 Å². The Labute approximate surface area is 135 Å². The summed E-state index contributed by atoms with van der Waals surface area (Å²) in [7, 11) is 0. The first-order valence-corrected chi connectivity index (χ1v) is 8.05. The van der Waals surface area contributed by atoms with Gasteiger partial charge in [-0.1, -0.05) is 43.0 Å². The molecule has 1 aliphatic carbocycles. The average Bonchev–Trinajstić information content (AvgIpc) is 2.94. The fraction of sp³-hybridized carbons (Fsp3) is 0.533. The molecule has 0 aliphatic heterocycles. The summed E-state index contributed by atoms with van der Waals surface area (Å²) in [6.45, 7) is 3.30. The lowest BCUT2D eigenvalue weighted by molar-refractivity contribution is -0.117. The molecule has 116 valence electrons. The number of anilines is 2. The number of nitrogens with one attached hydrogen (secondary N) is 1. The average molecular weight is 330 g/mol. The molecule has 1 aliphatic rings. The minimum absolute atomic E-state index is 0.0975. The number of nitrogen functional groups attached to an aromatic ring is 1. The Morgan fingerprint density at radius 2 is 2.05 bits per heavy atom. The number of nitrogens with two attached hydrogens (primary N) is 1. The molecule has 6 heteroatoms. The molecule has 1 fully saturated rings. The molecule has 0 bridgehead atoms. The van der Waals surface area contributed by atoms with E-state index in [1.54, 1.807) is 12.1 Å². The number of carbonyl (C=O) groups excluding carboxylic acids is 1. The lowest BCUT2D eigenvalue weighted by Crippen LogP contribution is -2.39. The lowest BCUT2D eigenvalue weighted by atomic mass is 10.2. The van der Waals surface area contributed by atoms with Gasteiger partial charge < -0.3 is 11.1 Å². The fourth-order valence-corrected chi connectivity index (χ4v) is 3.41. The maximum absolute atomic E-state index is 12.2. The molecule has 1 aromatic rings. The number of amides is 1. The molecule has 3 N–H and O–H groups in total. The molecule has 1 saturated carbocycles. The van der Waals surface area contributed by atoms with E-state index in [1.807, 2.05) is 0 Å². The Bertz CT molecular complexity index is 493. The summed E-state index contributed by atoms with van der Waals surface area (Å²) in [4.78, 5) is 14.4. The summed E-state index contributed by atoms with van der Waals surface area (Å²) in [5, 5.41) is 3.61. The highest BCUT2D eigenvalue weighted by Crippen LogP contribution is 2.32. The van der Waals surface area contributed by atoms with Gasteiger partial charge in [0.25, 0.3) is 0 Å². The standard InChI is InChI=1S/C15H21Cl2N3O/c1-2-20(11-5-3-4-6-11)9-14(21)19-15-12(17)7-10(16)8-13(15)18/h7-8,11H,2-6,9,18H2,1H3,(H,19,21). The van der Waals surface area contributed by atoms with Gasteiger partial charge in [0.1, 0.15) is 0 Å². The summed E-state index contributed by atoms with van der Waals surface area (Å²) >= 11 is 11.9. The van der Waals surface area contributed by atoms with E-state index in [0.717, 1.165) is 6.54 Å². The first kappa shape index (κ1) is 16.4. The van der Waals surface area contributed by atoms with E-state index in [-0.39, 0.29) is 5.91 Å². The Balaban J connectivity index is 2.01. The number of carbonyl (C=O) groups is 1. The first-order valence-electron chi connectivity index (χ1n) is 7.29. The number of halogens is 2. The van der Waals surface area contributed by atoms with Crippen molar-refractivity contribution in [1.82, 2.24) is 4.90 Å². The predicted molar refractivity (Wildman–Crippen MR) is 89.0 cm³/mol. The monoisotopic (exact) mass is 329 g/mol. The van der Waals surface area contributed by atoms with Gasteiger partial charge in [0.2, 0.25) is 5.91 Å². The molecule has 0 atom stereocenters. The zero-order valence-electron chi connectivity index (χ0n) is 12.2. The molecular formula is C15H21Cl2N3O. The minimum atomic E-state index is -0.0975. The molecule has 0 spiro atoms. The quantitative estimate of drug-likeness (QED) is 0.808. The van der Waals surface area contributed by atoms with Crippen LogP contribution in [0.15, 0.2) is 12.1 Å². The van der Waals surface area contributed by atoms with E-state index in [2.05, 4.69) is 17.1 Å². The van der Waals surface area contributed by atoms with Gasteiger partial charge in [-0.3, -0.25) is 9.69 Å². The van der Waals surface area contributed by atoms with E-state index in [4.69, 9.17) is 28.9 Å². The van der Waals surface area contributed by atoms with Crippen LogP contribution in [0.4, 0.5) is 11.4 Å². The highest BCUT2D eigenvalue weighted by Gasteiger charge is 2.23. The van der Waals surface area contributed by atoms with Crippen molar-refractivity contribution in [2.24, 2.45) is 0 Å². The first-order chi connectivity index (χ1) is 10.0. The third-order valence-electron chi connectivity index (χ3n) is 3.94. The van der Waals surface area contributed by atoms with Crippen molar-refractivity contribution in [1.29, 1.82) is 0 Å². The van der Waals surface area contributed by atoms with E-state index in [1.165, 1.54) is 25.7 Å². The lowest BCUT2D eigenvalue weighted by Gasteiger charge is -2.26. The summed E-state index contributed by atoms with van der Waals surface area (Å²) in [5.74, 6) is -0.0975. The summed E-state index contributed by atoms with van der Waals surface area (Å²) in [5.41, 5.74) is 6.68. The zero-order valence-corrected chi connectivity index (χ0v) is 13.7. The SMILES string of the molecule is CCN(CC(=O)Nc1c(N)cc(Cl)cc1Cl)C1CCCC1. The number of hydrogen-bond acceptors (Lipinski definition) is 3. The van der Waals surface area contributed by atoms with Crippen LogP contribution in [0.25, 0.3) is 0 Å². The third-order valence-corrected chi connectivity index (χ3v) is 4.46. The van der Waals surface area contributed by atoms with Crippen molar-refractivity contribution >= 4 is 40.5 Å². The van der Waals surface area contributed by atoms with Crippen molar-refractivity contribution < 1.29 is 4.79 Å². The number of rotatable bonds is 5. The van der Waals surface area contributed by atoms with E-state index < -0.39 is 0 Å². The van der Waals surface area contributed by atoms with Crippen LogP contribution < -0.4 is 11.1 Å². The molecule has 0 saturated heterocycles. The molecule has 1 amide bonds. The molecule has 0 aromatic heterocycles. The Morgan fingerprint density at radius 3 is 2.62 bits per heavy atom. The van der Waals surface area contributed by atoms with Crippen molar-refractivity contribution in [2.75, 3.05) is 24.1 Å². The fourth-order valence-electron chi connectivity index (χ4n) is 2.86. The van der Waals surface area contributed by atoms with E-state index in [0.29, 0.717) is 34.0 Å². The topological polar surface area (TPSA) is 58.4 Å². The number of nitrogens with zero attached hydrogens (tertiary/aromatic N) is 1. The molecule has 1 aromatic carbocycles. The van der Waals surface area contributed by atoms with Gasteiger partial charge in [-0.15, -0.1) is 0 Å². The van der Waals surface area contributed by atoms with Crippen molar-refractivity contribution in [2.45, 2.75) is 38.6 Å². The predicted octanol–water partition coefficient (Wildman–Crippen LogP) is 3.78. The summed E-state index contributed by atoms with van der Waals surface area (Å²) < 4.78 is 0. The van der Waals surface area contributed by atoms with E-state index >= 15 is 0 Å². The second-order valence-corrected chi connectivity index (χ2v) is 6.25. The molecule has 0 heterocycles. The summed E-state index contributed by atoms with van der Waals surface area (Å²) in [6.07, 6.45) is 4.84. The van der Waals surface area contributed by atoms with Gasteiger partial charge >= 0.3 is 0 Å². The van der Waals surface area contributed by atoms with Crippen LogP contribution in [0.1, 0.15) is 32.6 Å². The Kier molecular flexibility index (Phi) is 5.73. The van der Waals surface area contributed by atoms with Gasteiger partial charge in [-0.25, -0.2) is 0 Å². The largest absolute Gasteiger partial charge is 0.397 e. The van der Waals surface area contributed by atoms with Crippen molar-refractivity contribution in [3.8, 4) is 0 Å². The second-order valence-electron chi connectivity index (χ2n) is 5.40. The molecule has 4 nitrogen and oxygen atoms in total.